The molecule has 0 aliphatic rings. The van der Waals surface area contributed by atoms with Crippen molar-refractivity contribution in [1.29, 1.82) is 0 Å². The molecule has 0 fully saturated rings. The molecule has 150 valence electrons. The molecule has 0 atom stereocenters. The van der Waals surface area contributed by atoms with Crippen molar-refractivity contribution in [2.24, 2.45) is 0 Å². The molecule has 0 heterocycles. The van der Waals surface area contributed by atoms with Crippen LogP contribution in [0.2, 0.25) is 0 Å². The SMILES string of the molecule is CC(=O)Nc1c(I)c(NC(C)=O)c(I)c(C(=O)NS(=O)(=O)C(F)(F)F)c1I. The van der Waals surface area contributed by atoms with Crippen LogP contribution in [0.4, 0.5) is 24.5 Å². The van der Waals surface area contributed by atoms with Crippen LogP contribution in [0.5, 0.6) is 0 Å². The Morgan fingerprint density at radius 2 is 1.22 bits per heavy atom. The second-order valence-electron chi connectivity index (χ2n) is 4.81. The number of alkyl halides is 3. The van der Waals surface area contributed by atoms with Gasteiger partial charge >= 0.3 is 15.5 Å². The second-order valence-corrected chi connectivity index (χ2v) is 9.72. The van der Waals surface area contributed by atoms with Gasteiger partial charge in [-0.2, -0.15) is 21.6 Å². The number of rotatable bonds is 4. The van der Waals surface area contributed by atoms with Crippen LogP contribution >= 0.6 is 67.8 Å². The smallest absolute Gasteiger partial charge is 0.324 e. The average Bonchev–Trinajstić information content (AvgIpc) is 2.46. The van der Waals surface area contributed by atoms with Crippen LogP contribution in [0.25, 0.3) is 0 Å². The number of hydrogen-bond donors (Lipinski definition) is 3. The van der Waals surface area contributed by atoms with E-state index in [4.69, 9.17) is 0 Å². The molecule has 0 saturated carbocycles. The standard InChI is InChI=1S/C12H9F3I3N3O5S/c1-3(22)19-9-6(16)5(7(17)10(8(9)18)20-4(2)23)11(24)21-27(25,26)12(13,14)15/h1-2H3,(H,19,22)(H,20,23)(H,21,24). The Morgan fingerprint density at radius 3 is 1.52 bits per heavy atom. The number of carbonyl (C=O) groups excluding carboxylic acids is 3. The van der Waals surface area contributed by atoms with Crippen molar-refractivity contribution in [2.75, 3.05) is 10.6 Å². The van der Waals surface area contributed by atoms with E-state index in [1.54, 1.807) is 67.8 Å². The summed E-state index contributed by atoms with van der Waals surface area (Å²) in [6.45, 7) is 2.33. The highest BCUT2D eigenvalue weighted by molar-refractivity contribution is 14.1. The minimum absolute atomic E-state index is 0.000534. The summed E-state index contributed by atoms with van der Waals surface area (Å²) < 4.78 is 61.4. The number of nitrogens with one attached hydrogen (secondary N) is 3. The molecule has 0 saturated heterocycles. The lowest BCUT2D eigenvalue weighted by Crippen LogP contribution is -2.41. The molecule has 0 aliphatic carbocycles. The minimum atomic E-state index is -5.94. The lowest BCUT2D eigenvalue weighted by atomic mass is 10.1. The number of carbonyl (C=O) groups is 3. The monoisotopic (exact) mass is 745 g/mol. The first-order chi connectivity index (χ1) is 12.1. The summed E-state index contributed by atoms with van der Waals surface area (Å²) in [4.78, 5) is 35.2. The lowest BCUT2D eigenvalue weighted by molar-refractivity contribution is -0.115. The van der Waals surface area contributed by atoms with Gasteiger partial charge in [-0.25, -0.2) is 4.72 Å². The Bertz CT molecular complexity index is 891. The van der Waals surface area contributed by atoms with Crippen LogP contribution in [-0.2, 0) is 19.6 Å². The first-order valence-electron chi connectivity index (χ1n) is 6.49. The fourth-order valence-corrected chi connectivity index (χ4v) is 6.32. The minimum Gasteiger partial charge on any atom is -0.324 e. The molecule has 27 heavy (non-hydrogen) atoms. The van der Waals surface area contributed by atoms with Crippen LogP contribution in [0.15, 0.2) is 0 Å². The van der Waals surface area contributed by atoms with E-state index >= 15 is 0 Å². The third kappa shape index (κ3) is 5.78. The first-order valence-corrected chi connectivity index (χ1v) is 11.2. The van der Waals surface area contributed by atoms with Crippen LogP contribution in [-0.4, -0.2) is 31.6 Å². The highest BCUT2D eigenvalue weighted by atomic mass is 127. The molecule has 15 heteroatoms. The summed E-state index contributed by atoms with van der Waals surface area (Å²) in [5, 5.41) is 4.82. The molecule has 1 aromatic rings. The van der Waals surface area contributed by atoms with Crippen molar-refractivity contribution in [3.05, 3.63) is 16.3 Å². The van der Waals surface area contributed by atoms with Crippen molar-refractivity contribution in [2.45, 2.75) is 19.4 Å². The summed E-state index contributed by atoms with van der Waals surface area (Å²) in [5.74, 6) is -2.65. The Hall–Kier alpha value is -0.440. The van der Waals surface area contributed by atoms with E-state index in [1.165, 1.54) is 0 Å². The molecular formula is C12H9F3I3N3O5S. The van der Waals surface area contributed by atoms with E-state index in [0.717, 1.165) is 18.6 Å². The maximum atomic E-state index is 12.6. The van der Waals surface area contributed by atoms with Gasteiger partial charge in [0.2, 0.25) is 11.8 Å². The largest absolute Gasteiger partial charge is 0.516 e. The highest BCUT2D eigenvalue weighted by Gasteiger charge is 2.47. The summed E-state index contributed by atoms with van der Waals surface area (Å²) in [5.41, 5.74) is -6.05. The Morgan fingerprint density at radius 1 is 0.852 bits per heavy atom. The molecule has 0 aromatic heterocycles. The van der Waals surface area contributed by atoms with Gasteiger partial charge in [0, 0.05) is 13.8 Å². The maximum Gasteiger partial charge on any atom is 0.516 e. The van der Waals surface area contributed by atoms with Crippen molar-refractivity contribution >= 4 is 107 Å². The molecule has 0 spiro atoms. The van der Waals surface area contributed by atoms with Gasteiger partial charge < -0.3 is 10.6 Å². The van der Waals surface area contributed by atoms with Gasteiger partial charge in [0.05, 0.1) is 27.6 Å². The highest BCUT2D eigenvalue weighted by Crippen LogP contribution is 2.39. The molecular weight excluding hydrogens is 736 g/mol. The molecule has 8 nitrogen and oxygen atoms in total. The zero-order chi connectivity index (χ0) is 21.3. The molecule has 0 radical (unpaired) electrons. The van der Waals surface area contributed by atoms with Gasteiger partial charge in [0.25, 0.3) is 5.91 Å². The zero-order valence-corrected chi connectivity index (χ0v) is 20.5. The molecule has 1 aromatic carbocycles. The van der Waals surface area contributed by atoms with Gasteiger partial charge in [-0.1, -0.05) is 0 Å². The number of sulfonamides is 1. The predicted molar refractivity (Wildman–Crippen MR) is 116 cm³/mol. The fourth-order valence-electron chi connectivity index (χ4n) is 1.67. The third-order valence-corrected chi connectivity index (χ3v) is 6.98. The summed E-state index contributed by atoms with van der Waals surface area (Å²) >= 11 is 4.95. The summed E-state index contributed by atoms with van der Waals surface area (Å²) in [6.07, 6.45) is 0. The summed E-state index contributed by atoms with van der Waals surface area (Å²) in [7, 11) is -5.94. The van der Waals surface area contributed by atoms with Crippen LogP contribution < -0.4 is 15.4 Å². The molecule has 0 aliphatic heterocycles. The van der Waals surface area contributed by atoms with Crippen LogP contribution in [0, 0.1) is 10.7 Å². The van der Waals surface area contributed by atoms with Crippen LogP contribution in [0.3, 0.4) is 0 Å². The van der Waals surface area contributed by atoms with Crippen LogP contribution in [0.1, 0.15) is 24.2 Å². The van der Waals surface area contributed by atoms with Crippen molar-refractivity contribution in [3.8, 4) is 0 Å². The summed E-state index contributed by atoms with van der Waals surface area (Å²) in [6, 6.07) is 0. The number of halogens is 6. The maximum absolute atomic E-state index is 12.6. The molecule has 3 N–H and O–H groups in total. The fraction of sp³-hybridized carbons (Fsp3) is 0.250. The second kappa shape index (κ2) is 8.93. The lowest BCUT2D eigenvalue weighted by Gasteiger charge is -2.19. The van der Waals surface area contributed by atoms with Gasteiger partial charge in [-0.05, 0) is 67.8 Å². The first kappa shape index (κ1) is 24.6. The number of hydrogen-bond acceptors (Lipinski definition) is 5. The van der Waals surface area contributed by atoms with Gasteiger partial charge in [-0.15, -0.1) is 0 Å². The van der Waals surface area contributed by atoms with E-state index in [0.29, 0.717) is 3.57 Å². The van der Waals surface area contributed by atoms with Crippen molar-refractivity contribution in [3.63, 3.8) is 0 Å². The van der Waals surface area contributed by atoms with E-state index in [-0.39, 0.29) is 18.5 Å². The number of amides is 3. The number of benzene rings is 1. The molecule has 0 bridgehead atoms. The Balaban J connectivity index is 3.69. The van der Waals surface area contributed by atoms with Gasteiger partial charge in [-0.3, -0.25) is 14.4 Å². The predicted octanol–water partition coefficient (Wildman–Crippen LogP) is 3.00. The van der Waals surface area contributed by atoms with E-state index in [2.05, 4.69) is 10.6 Å². The third-order valence-electron chi connectivity index (χ3n) is 2.68. The average molecular weight is 745 g/mol. The Kier molecular flexibility index (Phi) is 8.13. The Labute approximate surface area is 192 Å². The zero-order valence-electron chi connectivity index (χ0n) is 13.2. The normalized spacial score (nSPS) is 11.7. The van der Waals surface area contributed by atoms with E-state index in [1.807, 2.05) is 0 Å². The number of anilines is 2. The quantitative estimate of drug-likeness (QED) is 0.410. The molecule has 3 amide bonds. The van der Waals surface area contributed by atoms with E-state index in [9.17, 15) is 36.0 Å². The molecule has 1 rings (SSSR count). The molecule has 0 unspecified atom stereocenters. The van der Waals surface area contributed by atoms with Crippen molar-refractivity contribution in [1.82, 2.24) is 4.72 Å². The van der Waals surface area contributed by atoms with E-state index < -0.39 is 38.8 Å². The van der Waals surface area contributed by atoms with Crippen molar-refractivity contribution < 1.29 is 36.0 Å². The van der Waals surface area contributed by atoms with Gasteiger partial charge in [0.15, 0.2) is 0 Å². The topological polar surface area (TPSA) is 121 Å². The van der Waals surface area contributed by atoms with Gasteiger partial charge in [0.1, 0.15) is 0 Å².